The van der Waals surface area contributed by atoms with Crippen LogP contribution in [0.25, 0.3) is 6.08 Å². The lowest BCUT2D eigenvalue weighted by molar-refractivity contribution is -0.139. The normalized spacial score (nSPS) is 16.6. The highest BCUT2D eigenvalue weighted by Gasteiger charge is 2.33. The van der Waals surface area contributed by atoms with E-state index in [0.717, 1.165) is 10.4 Å². The molecule has 0 fully saturated rings. The first-order chi connectivity index (χ1) is 13.6. The number of nitrogens with zero attached hydrogens (tertiary/aromatic N) is 2. The van der Waals surface area contributed by atoms with Crippen molar-refractivity contribution in [2.24, 2.45) is 4.99 Å². The number of thiazole rings is 1. The molecule has 1 aromatic carbocycles. The lowest BCUT2D eigenvalue weighted by Crippen LogP contribution is -2.39. The minimum absolute atomic E-state index is 0.152. The Balaban J connectivity index is 1.95. The summed E-state index contributed by atoms with van der Waals surface area (Å²) in [6.07, 6.45) is 1.86. The highest BCUT2D eigenvalue weighted by atomic mass is 32.1. The molecular weight excluding hydrogens is 392 g/mol. The first kappa shape index (κ1) is 18.6. The van der Waals surface area contributed by atoms with Crippen LogP contribution in [0.3, 0.4) is 0 Å². The summed E-state index contributed by atoms with van der Waals surface area (Å²) in [5, 5.41) is 1.94. The number of carbonyl (C=O) groups is 1. The van der Waals surface area contributed by atoms with E-state index in [1.807, 2.05) is 53.9 Å². The lowest BCUT2D eigenvalue weighted by Gasteiger charge is -2.23. The second-order valence-corrected chi connectivity index (χ2v) is 8.22. The molecule has 0 N–H and O–H groups in total. The highest BCUT2D eigenvalue weighted by Crippen LogP contribution is 2.33. The van der Waals surface area contributed by atoms with E-state index in [-0.39, 0.29) is 12.2 Å². The molecule has 1 atom stereocenters. The predicted octanol–water partition coefficient (Wildman–Crippen LogP) is 2.86. The molecule has 4 rings (SSSR count). The first-order valence-corrected chi connectivity index (χ1v) is 10.6. The fourth-order valence-electron chi connectivity index (χ4n) is 3.21. The third-order valence-corrected chi connectivity index (χ3v) is 6.33. The van der Waals surface area contributed by atoms with Gasteiger partial charge in [0, 0.05) is 4.88 Å². The number of ether oxygens (including phenoxy) is 1. The van der Waals surface area contributed by atoms with E-state index >= 15 is 0 Å². The summed E-state index contributed by atoms with van der Waals surface area (Å²) in [4.78, 5) is 32.0. The van der Waals surface area contributed by atoms with Gasteiger partial charge in [0.05, 0.1) is 22.4 Å². The maximum atomic E-state index is 13.3. The average molecular weight is 411 g/mol. The summed E-state index contributed by atoms with van der Waals surface area (Å²) >= 11 is 2.84. The maximum Gasteiger partial charge on any atom is 0.338 e. The fraction of sp³-hybridized carbons (Fsp3) is 0.190. The molecule has 2 aromatic heterocycles. The van der Waals surface area contributed by atoms with E-state index in [4.69, 9.17) is 4.74 Å². The molecule has 1 aliphatic rings. The van der Waals surface area contributed by atoms with Crippen molar-refractivity contribution in [3.05, 3.63) is 89.2 Å². The van der Waals surface area contributed by atoms with Gasteiger partial charge in [0.15, 0.2) is 4.80 Å². The van der Waals surface area contributed by atoms with Crippen LogP contribution in [0.5, 0.6) is 0 Å². The predicted molar refractivity (Wildman–Crippen MR) is 111 cm³/mol. The smallest absolute Gasteiger partial charge is 0.338 e. The molecule has 5 nitrogen and oxygen atoms in total. The van der Waals surface area contributed by atoms with E-state index < -0.39 is 12.0 Å². The van der Waals surface area contributed by atoms with E-state index in [0.29, 0.717) is 20.6 Å². The Morgan fingerprint density at radius 3 is 2.71 bits per heavy atom. The van der Waals surface area contributed by atoms with E-state index in [2.05, 4.69) is 4.99 Å². The van der Waals surface area contributed by atoms with E-state index in [9.17, 15) is 9.59 Å². The zero-order chi connectivity index (χ0) is 19.7. The molecular formula is C21H18N2O3S2. The molecule has 0 radical (unpaired) electrons. The summed E-state index contributed by atoms with van der Waals surface area (Å²) in [6, 6.07) is 13.0. The van der Waals surface area contributed by atoms with Crippen LogP contribution in [0, 0.1) is 0 Å². The zero-order valence-corrected chi connectivity index (χ0v) is 17.0. The van der Waals surface area contributed by atoms with E-state index in [1.165, 1.54) is 22.7 Å². The Labute approximate surface area is 169 Å². The van der Waals surface area contributed by atoms with Gasteiger partial charge < -0.3 is 4.74 Å². The Bertz CT molecular complexity index is 1220. The number of carbonyl (C=O) groups excluding carboxylic acids is 1. The summed E-state index contributed by atoms with van der Waals surface area (Å²) in [5.41, 5.74) is 1.80. The minimum Gasteiger partial charge on any atom is -0.463 e. The van der Waals surface area contributed by atoms with Crippen molar-refractivity contribution in [1.82, 2.24) is 4.57 Å². The SMILES string of the molecule is CCOC(=O)C1=C(C)N=c2sc(=Cc3ccccc3)c(=O)n2[C@@H]1c1cccs1. The molecule has 7 heteroatoms. The Morgan fingerprint density at radius 1 is 1.25 bits per heavy atom. The highest BCUT2D eigenvalue weighted by molar-refractivity contribution is 7.10. The van der Waals surface area contributed by atoms with E-state index in [1.54, 1.807) is 18.4 Å². The number of hydrogen-bond acceptors (Lipinski definition) is 6. The van der Waals surface area contributed by atoms with Crippen molar-refractivity contribution >= 4 is 34.7 Å². The molecule has 0 saturated heterocycles. The molecule has 3 aromatic rings. The Hall–Kier alpha value is -2.77. The van der Waals surface area contributed by atoms with Gasteiger partial charge in [-0.25, -0.2) is 9.79 Å². The third kappa shape index (κ3) is 3.27. The number of aromatic nitrogens is 1. The topological polar surface area (TPSA) is 60.7 Å². The van der Waals surface area contributed by atoms with Crippen LogP contribution < -0.4 is 14.9 Å². The fourth-order valence-corrected chi connectivity index (χ4v) is 5.08. The average Bonchev–Trinajstić information content (AvgIpc) is 3.31. The molecule has 0 spiro atoms. The van der Waals surface area contributed by atoms with Crippen molar-refractivity contribution in [1.29, 1.82) is 0 Å². The molecule has 28 heavy (non-hydrogen) atoms. The van der Waals surface area contributed by atoms with Crippen LogP contribution in [0.1, 0.15) is 30.3 Å². The zero-order valence-electron chi connectivity index (χ0n) is 15.4. The van der Waals surface area contributed by atoms with Gasteiger partial charge in [-0.1, -0.05) is 47.7 Å². The van der Waals surface area contributed by atoms with Crippen molar-refractivity contribution < 1.29 is 9.53 Å². The summed E-state index contributed by atoms with van der Waals surface area (Å²) in [7, 11) is 0. The molecule has 3 heterocycles. The molecule has 0 bridgehead atoms. The summed E-state index contributed by atoms with van der Waals surface area (Å²) < 4.78 is 7.47. The number of esters is 1. The first-order valence-electron chi connectivity index (χ1n) is 8.88. The Morgan fingerprint density at radius 2 is 2.04 bits per heavy atom. The molecule has 0 unspecified atom stereocenters. The molecule has 0 aliphatic carbocycles. The minimum atomic E-state index is -0.520. The molecule has 0 saturated carbocycles. The number of fused-ring (bicyclic) bond motifs is 1. The van der Waals surface area contributed by atoms with Crippen molar-refractivity contribution in [2.75, 3.05) is 6.61 Å². The largest absolute Gasteiger partial charge is 0.463 e. The third-order valence-electron chi connectivity index (χ3n) is 4.43. The van der Waals surface area contributed by atoms with Crippen LogP contribution in [0.4, 0.5) is 0 Å². The number of allylic oxidation sites excluding steroid dienone is 1. The van der Waals surface area contributed by atoms with Crippen LogP contribution >= 0.6 is 22.7 Å². The van der Waals surface area contributed by atoms with Gasteiger partial charge in [0.1, 0.15) is 6.04 Å². The monoisotopic (exact) mass is 410 g/mol. The van der Waals surface area contributed by atoms with Gasteiger partial charge in [-0.3, -0.25) is 9.36 Å². The van der Waals surface area contributed by atoms with Gasteiger partial charge in [0.25, 0.3) is 5.56 Å². The second kappa shape index (κ2) is 7.69. The molecule has 142 valence electrons. The number of benzene rings is 1. The molecule has 1 aliphatic heterocycles. The van der Waals surface area contributed by atoms with Gasteiger partial charge in [-0.15, -0.1) is 11.3 Å². The van der Waals surface area contributed by atoms with Crippen LogP contribution in [-0.4, -0.2) is 17.1 Å². The lowest BCUT2D eigenvalue weighted by atomic mass is 10.0. The maximum absolute atomic E-state index is 13.3. The van der Waals surface area contributed by atoms with Crippen LogP contribution in [-0.2, 0) is 9.53 Å². The summed E-state index contributed by atoms with van der Waals surface area (Å²) in [5.74, 6) is -0.431. The Kier molecular flexibility index (Phi) is 5.11. The van der Waals surface area contributed by atoms with Gasteiger partial charge >= 0.3 is 5.97 Å². The van der Waals surface area contributed by atoms with Crippen molar-refractivity contribution in [3.63, 3.8) is 0 Å². The second-order valence-electron chi connectivity index (χ2n) is 6.23. The number of hydrogen-bond donors (Lipinski definition) is 0. The van der Waals surface area contributed by atoms with Crippen LogP contribution in [0.2, 0.25) is 0 Å². The van der Waals surface area contributed by atoms with Crippen LogP contribution in [0.15, 0.2) is 68.9 Å². The van der Waals surface area contributed by atoms with Crippen molar-refractivity contribution in [2.45, 2.75) is 19.9 Å². The number of rotatable bonds is 4. The summed E-state index contributed by atoms with van der Waals surface area (Å²) in [6.45, 7) is 3.83. The van der Waals surface area contributed by atoms with Gasteiger partial charge in [-0.05, 0) is 36.9 Å². The van der Waals surface area contributed by atoms with Crippen molar-refractivity contribution in [3.8, 4) is 0 Å². The standard InChI is InChI=1S/C21H18N2O3S2/c1-3-26-20(25)17-13(2)22-21-23(18(17)15-10-7-11-27-15)19(24)16(28-21)12-14-8-5-4-6-9-14/h4-12,18H,3H2,1-2H3/t18-/m1/s1. The number of thiophene rings is 1. The quantitative estimate of drug-likeness (QED) is 0.622. The molecule has 0 amide bonds. The van der Waals surface area contributed by atoms with Gasteiger partial charge in [0.2, 0.25) is 0 Å². The van der Waals surface area contributed by atoms with Gasteiger partial charge in [-0.2, -0.15) is 0 Å².